The first kappa shape index (κ1) is 16.9. The molecule has 2 N–H and O–H groups in total. The fraction of sp³-hybridized carbons (Fsp3) is 0.353. The van der Waals surface area contributed by atoms with Crippen LogP contribution in [0.4, 0.5) is 11.5 Å². The van der Waals surface area contributed by atoms with Crippen molar-refractivity contribution >= 4 is 32.4 Å². The van der Waals surface area contributed by atoms with Gasteiger partial charge in [-0.05, 0) is 50.2 Å². The predicted octanol–water partition coefficient (Wildman–Crippen LogP) is 1.90. The Kier molecular flexibility index (Phi) is 4.33. The maximum absolute atomic E-state index is 11.6. The summed E-state index contributed by atoms with van der Waals surface area (Å²) < 4.78 is 25.1. The van der Waals surface area contributed by atoms with E-state index in [0.717, 1.165) is 42.7 Å². The second-order valence-electron chi connectivity index (χ2n) is 6.45. The normalized spacial score (nSPS) is 16.0. The summed E-state index contributed by atoms with van der Waals surface area (Å²) in [7, 11) is -3.21. The zero-order valence-electron chi connectivity index (χ0n) is 14.4. The molecule has 1 aliphatic rings. The lowest BCUT2D eigenvalue weighted by Crippen LogP contribution is -2.29. The second kappa shape index (κ2) is 6.65. The number of nitrogens with one attached hydrogen (secondary N) is 2. The molecule has 8 nitrogen and oxygen atoms in total. The number of aromatic nitrogens is 4. The molecule has 2 aromatic heterocycles. The number of piperidine rings is 1. The molecule has 0 unspecified atom stereocenters. The first-order valence-electron chi connectivity index (χ1n) is 8.48. The molecule has 136 valence electrons. The van der Waals surface area contributed by atoms with E-state index in [2.05, 4.69) is 25.7 Å². The Morgan fingerprint density at radius 1 is 1.15 bits per heavy atom. The standard InChI is InChI=1S/C17H20N6O2S/c1-26(24,25)14-4-2-12(3-5-14)22-16-15-10-21-23(17(15)20-11-19-16)13-6-8-18-9-7-13/h2-5,10-11,13,18H,6-9H2,1H3,(H,19,20,22). The van der Waals surface area contributed by atoms with E-state index in [1.807, 2.05) is 4.68 Å². The fourth-order valence-electron chi connectivity index (χ4n) is 3.20. The van der Waals surface area contributed by atoms with E-state index in [4.69, 9.17) is 0 Å². The van der Waals surface area contributed by atoms with Crippen molar-refractivity contribution < 1.29 is 8.42 Å². The van der Waals surface area contributed by atoms with Crippen LogP contribution < -0.4 is 10.6 Å². The monoisotopic (exact) mass is 372 g/mol. The van der Waals surface area contributed by atoms with Gasteiger partial charge in [-0.2, -0.15) is 5.10 Å². The van der Waals surface area contributed by atoms with Gasteiger partial charge in [0.1, 0.15) is 12.1 Å². The average Bonchev–Trinajstić information content (AvgIpc) is 3.07. The fourth-order valence-corrected chi connectivity index (χ4v) is 3.83. The minimum absolute atomic E-state index is 0.287. The van der Waals surface area contributed by atoms with Gasteiger partial charge in [0.15, 0.2) is 15.5 Å². The Hall–Kier alpha value is -2.52. The van der Waals surface area contributed by atoms with Crippen molar-refractivity contribution in [2.24, 2.45) is 0 Å². The maximum atomic E-state index is 11.6. The van der Waals surface area contributed by atoms with E-state index in [9.17, 15) is 8.42 Å². The lowest BCUT2D eigenvalue weighted by Gasteiger charge is -2.23. The molecule has 1 aromatic carbocycles. The van der Waals surface area contributed by atoms with Crippen LogP contribution in [0.2, 0.25) is 0 Å². The van der Waals surface area contributed by atoms with Crippen molar-refractivity contribution in [1.29, 1.82) is 0 Å². The number of benzene rings is 1. The summed E-state index contributed by atoms with van der Waals surface area (Å²) in [6.07, 6.45) is 6.55. The van der Waals surface area contributed by atoms with Gasteiger partial charge < -0.3 is 10.6 Å². The molecule has 1 saturated heterocycles. The summed E-state index contributed by atoms with van der Waals surface area (Å²) in [6, 6.07) is 6.94. The molecule has 9 heteroatoms. The summed E-state index contributed by atoms with van der Waals surface area (Å²) in [5, 5.41) is 12.0. The van der Waals surface area contributed by atoms with E-state index in [1.54, 1.807) is 30.5 Å². The van der Waals surface area contributed by atoms with Crippen molar-refractivity contribution in [3.8, 4) is 0 Å². The highest BCUT2D eigenvalue weighted by Gasteiger charge is 2.19. The minimum Gasteiger partial charge on any atom is -0.340 e. The molecule has 3 aromatic rings. The summed E-state index contributed by atoms with van der Waals surface area (Å²) >= 11 is 0. The van der Waals surface area contributed by atoms with Crippen LogP contribution in [0.15, 0.2) is 41.7 Å². The molecule has 0 atom stereocenters. The first-order chi connectivity index (χ1) is 12.5. The van der Waals surface area contributed by atoms with Crippen molar-refractivity contribution in [2.45, 2.75) is 23.8 Å². The molecule has 1 aliphatic heterocycles. The van der Waals surface area contributed by atoms with Gasteiger partial charge in [0.2, 0.25) is 0 Å². The molecule has 3 heterocycles. The quantitative estimate of drug-likeness (QED) is 0.721. The van der Waals surface area contributed by atoms with Crippen LogP contribution in [0.5, 0.6) is 0 Å². The van der Waals surface area contributed by atoms with E-state index in [0.29, 0.717) is 11.9 Å². The molecule has 0 saturated carbocycles. The van der Waals surface area contributed by atoms with Gasteiger partial charge >= 0.3 is 0 Å². The van der Waals surface area contributed by atoms with Crippen molar-refractivity contribution in [3.63, 3.8) is 0 Å². The van der Waals surface area contributed by atoms with Gasteiger partial charge in [0.05, 0.1) is 22.5 Å². The first-order valence-corrected chi connectivity index (χ1v) is 10.4. The van der Waals surface area contributed by atoms with Crippen molar-refractivity contribution in [2.75, 3.05) is 24.7 Å². The highest BCUT2D eigenvalue weighted by Crippen LogP contribution is 2.27. The maximum Gasteiger partial charge on any atom is 0.175 e. The Bertz CT molecular complexity index is 1020. The Balaban J connectivity index is 1.64. The average molecular weight is 372 g/mol. The van der Waals surface area contributed by atoms with Crippen LogP contribution in [0.1, 0.15) is 18.9 Å². The molecule has 0 radical (unpaired) electrons. The summed E-state index contributed by atoms with van der Waals surface area (Å²) in [6.45, 7) is 1.96. The van der Waals surface area contributed by atoms with Gasteiger partial charge in [-0.25, -0.2) is 23.1 Å². The van der Waals surface area contributed by atoms with Crippen LogP contribution in [-0.2, 0) is 9.84 Å². The lowest BCUT2D eigenvalue weighted by molar-refractivity contribution is 0.349. The van der Waals surface area contributed by atoms with Crippen molar-refractivity contribution in [3.05, 3.63) is 36.8 Å². The van der Waals surface area contributed by atoms with E-state index in [1.165, 1.54) is 12.6 Å². The number of sulfone groups is 1. The zero-order chi connectivity index (χ0) is 18.1. The van der Waals surface area contributed by atoms with E-state index >= 15 is 0 Å². The molecule has 4 rings (SSSR count). The van der Waals surface area contributed by atoms with Crippen LogP contribution in [-0.4, -0.2) is 47.5 Å². The number of rotatable bonds is 4. The molecule has 26 heavy (non-hydrogen) atoms. The Morgan fingerprint density at radius 2 is 1.88 bits per heavy atom. The SMILES string of the molecule is CS(=O)(=O)c1ccc(Nc2ncnc3c2cnn3C2CCNCC2)cc1. The number of nitrogens with zero attached hydrogens (tertiary/aromatic N) is 4. The predicted molar refractivity (Wildman–Crippen MR) is 99.3 cm³/mol. The molecule has 0 spiro atoms. The van der Waals surface area contributed by atoms with Gasteiger partial charge in [-0.3, -0.25) is 0 Å². The molecule has 0 amide bonds. The highest BCUT2D eigenvalue weighted by atomic mass is 32.2. The molecule has 0 aliphatic carbocycles. The van der Waals surface area contributed by atoms with Crippen LogP contribution >= 0.6 is 0 Å². The van der Waals surface area contributed by atoms with Crippen molar-refractivity contribution in [1.82, 2.24) is 25.1 Å². The van der Waals surface area contributed by atoms with Gasteiger partial charge in [0.25, 0.3) is 0 Å². The largest absolute Gasteiger partial charge is 0.340 e. The van der Waals surface area contributed by atoms with Gasteiger partial charge in [-0.1, -0.05) is 0 Å². The van der Waals surface area contributed by atoms with E-state index < -0.39 is 9.84 Å². The smallest absolute Gasteiger partial charge is 0.175 e. The zero-order valence-corrected chi connectivity index (χ0v) is 15.2. The van der Waals surface area contributed by atoms with Crippen LogP contribution in [0, 0.1) is 0 Å². The topological polar surface area (TPSA) is 102 Å². The summed E-state index contributed by atoms with van der Waals surface area (Å²) in [5.74, 6) is 0.655. The van der Waals surface area contributed by atoms with Crippen LogP contribution in [0.3, 0.4) is 0 Å². The van der Waals surface area contributed by atoms with Crippen LogP contribution in [0.25, 0.3) is 11.0 Å². The number of anilines is 2. The second-order valence-corrected chi connectivity index (χ2v) is 8.47. The number of fused-ring (bicyclic) bond motifs is 1. The third-order valence-electron chi connectivity index (χ3n) is 4.59. The molecule has 1 fully saturated rings. The van der Waals surface area contributed by atoms with Gasteiger partial charge in [-0.15, -0.1) is 0 Å². The van der Waals surface area contributed by atoms with E-state index in [-0.39, 0.29) is 4.90 Å². The molecular formula is C17H20N6O2S. The highest BCUT2D eigenvalue weighted by molar-refractivity contribution is 7.90. The Labute approximate surface area is 151 Å². The summed E-state index contributed by atoms with van der Waals surface area (Å²) in [4.78, 5) is 9.03. The minimum atomic E-state index is -3.21. The molecular weight excluding hydrogens is 352 g/mol. The number of hydrogen-bond donors (Lipinski definition) is 2. The number of hydrogen-bond acceptors (Lipinski definition) is 7. The summed E-state index contributed by atoms with van der Waals surface area (Å²) in [5.41, 5.74) is 1.56. The third kappa shape index (κ3) is 3.27. The Morgan fingerprint density at radius 3 is 2.58 bits per heavy atom. The molecule has 0 bridgehead atoms. The van der Waals surface area contributed by atoms with Gasteiger partial charge in [0, 0.05) is 11.9 Å². The third-order valence-corrected chi connectivity index (χ3v) is 5.72. The lowest BCUT2D eigenvalue weighted by atomic mass is 10.1.